The molecule has 0 saturated heterocycles. The van der Waals surface area contributed by atoms with Crippen molar-refractivity contribution in [2.45, 2.75) is 12.8 Å². The average Bonchev–Trinajstić information content (AvgIpc) is 2.78. The highest BCUT2D eigenvalue weighted by Crippen LogP contribution is 2.14. The van der Waals surface area contributed by atoms with Crippen LogP contribution in [0, 0.1) is 0 Å². The summed E-state index contributed by atoms with van der Waals surface area (Å²) in [7, 11) is 4.06. The van der Waals surface area contributed by atoms with E-state index in [-0.39, 0.29) is 0 Å². The van der Waals surface area contributed by atoms with Crippen LogP contribution in [0.5, 0.6) is 0 Å². The molecule has 0 atom stereocenters. The normalized spacial score (nSPS) is 10.6. The van der Waals surface area contributed by atoms with E-state index in [4.69, 9.17) is 5.73 Å². The highest BCUT2D eigenvalue weighted by molar-refractivity contribution is 5.46. The van der Waals surface area contributed by atoms with Crippen molar-refractivity contribution in [1.82, 2.24) is 15.2 Å². The summed E-state index contributed by atoms with van der Waals surface area (Å²) in [5, 5.41) is 7.07. The zero-order valence-corrected chi connectivity index (χ0v) is 10.8. The summed E-state index contributed by atoms with van der Waals surface area (Å²) in [5.74, 6) is 1.67. The van der Waals surface area contributed by atoms with Crippen molar-refractivity contribution in [1.29, 1.82) is 0 Å². The maximum absolute atomic E-state index is 5.47. The molecule has 2 aromatic rings. The third-order valence-electron chi connectivity index (χ3n) is 2.77. The molecule has 0 spiro atoms. The van der Waals surface area contributed by atoms with Crippen LogP contribution in [0.4, 0.5) is 5.69 Å². The van der Waals surface area contributed by atoms with Crippen LogP contribution in [0.3, 0.4) is 0 Å². The van der Waals surface area contributed by atoms with E-state index >= 15 is 0 Å². The van der Waals surface area contributed by atoms with Crippen molar-refractivity contribution >= 4 is 5.69 Å². The van der Waals surface area contributed by atoms with Crippen molar-refractivity contribution in [3.05, 3.63) is 41.5 Å². The molecule has 2 rings (SSSR count). The Bertz CT molecular complexity index is 486. The van der Waals surface area contributed by atoms with E-state index in [1.54, 1.807) is 0 Å². The molecule has 0 unspecified atom stereocenters. The van der Waals surface area contributed by atoms with E-state index in [9.17, 15) is 0 Å². The average molecular weight is 245 g/mol. The van der Waals surface area contributed by atoms with Gasteiger partial charge in [-0.3, -0.25) is 5.10 Å². The lowest BCUT2D eigenvalue weighted by molar-refractivity contribution is 0.874. The molecule has 5 heteroatoms. The fourth-order valence-electron chi connectivity index (χ4n) is 1.76. The largest absolute Gasteiger partial charge is 0.378 e. The molecule has 0 amide bonds. The van der Waals surface area contributed by atoms with E-state index in [0.29, 0.717) is 6.54 Å². The second-order valence-electron chi connectivity index (χ2n) is 4.47. The van der Waals surface area contributed by atoms with Gasteiger partial charge in [-0.1, -0.05) is 12.1 Å². The number of aromatic nitrogens is 3. The van der Waals surface area contributed by atoms with Crippen molar-refractivity contribution in [3.63, 3.8) is 0 Å². The lowest BCUT2D eigenvalue weighted by Crippen LogP contribution is -2.08. The number of rotatable bonds is 5. The Morgan fingerprint density at radius 3 is 2.56 bits per heavy atom. The van der Waals surface area contributed by atoms with Gasteiger partial charge < -0.3 is 10.6 Å². The minimum Gasteiger partial charge on any atom is -0.378 e. The number of nitrogens with two attached hydrogens (primary N) is 1. The predicted octanol–water partition coefficient (Wildman–Crippen LogP) is 0.963. The molecular formula is C13H19N5. The molecule has 1 aromatic heterocycles. The minimum absolute atomic E-state index is 0.578. The van der Waals surface area contributed by atoms with Gasteiger partial charge in [-0.25, -0.2) is 4.98 Å². The van der Waals surface area contributed by atoms with Crippen LogP contribution in [-0.4, -0.2) is 35.8 Å². The fraction of sp³-hybridized carbons (Fsp3) is 0.385. The van der Waals surface area contributed by atoms with Gasteiger partial charge in [-0.15, -0.1) is 0 Å². The second kappa shape index (κ2) is 5.64. The van der Waals surface area contributed by atoms with Crippen molar-refractivity contribution in [3.8, 4) is 0 Å². The van der Waals surface area contributed by atoms with Crippen LogP contribution >= 0.6 is 0 Å². The Balaban J connectivity index is 2.03. The highest BCUT2D eigenvalue weighted by atomic mass is 15.2. The number of hydrogen-bond acceptors (Lipinski definition) is 4. The van der Waals surface area contributed by atoms with Crippen LogP contribution in [-0.2, 0) is 12.8 Å². The summed E-state index contributed by atoms with van der Waals surface area (Å²) < 4.78 is 0. The van der Waals surface area contributed by atoms with E-state index in [0.717, 1.165) is 24.5 Å². The van der Waals surface area contributed by atoms with Gasteiger partial charge >= 0.3 is 0 Å². The predicted molar refractivity (Wildman–Crippen MR) is 72.7 cm³/mol. The molecule has 0 saturated carbocycles. The van der Waals surface area contributed by atoms with E-state index in [1.807, 2.05) is 14.1 Å². The maximum atomic E-state index is 5.47. The molecule has 5 nitrogen and oxygen atoms in total. The SMILES string of the molecule is CN(C)c1ccc(Cc2nc(CCN)n[nH]2)cc1. The Labute approximate surface area is 107 Å². The van der Waals surface area contributed by atoms with Crippen molar-refractivity contribution in [2.24, 2.45) is 5.73 Å². The number of aromatic amines is 1. The number of nitrogens with one attached hydrogen (secondary N) is 1. The molecule has 0 radical (unpaired) electrons. The van der Waals surface area contributed by atoms with Crippen molar-refractivity contribution < 1.29 is 0 Å². The summed E-state index contributed by atoms with van der Waals surface area (Å²) in [6, 6.07) is 8.43. The Morgan fingerprint density at radius 2 is 1.94 bits per heavy atom. The summed E-state index contributed by atoms with van der Waals surface area (Å²) in [4.78, 5) is 6.48. The standard InChI is InChI=1S/C13H19N5/c1-18(2)11-5-3-10(4-6-11)9-13-15-12(7-8-14)16-17-13/h3-6H,7-9,14H2,1-2H3,(H,15,16,17). The fourth-order valence-corrected chi connectivity index (χ4v) is 1.76. The lowest BCUT2D eigenvalue weighted by Gasteiger charge is -2.12. The van der Waals surface area contributed by atoms with Crippen LogP contribution in [0.15, 0.2) is 24.3 Å². The molecule has 0 aliphatic heterocycles. The molecule has 0 fully saturated rings. The van der Waals surface area contributed by atoms with Gasteiger partial charge in [0.1, 0.15) is 5.82 Å². The van der Waals surface area contributed by atoms with Crippen LogP contribution < -0.4 is 10.6 Å². The first-order chi connectivity index (χ1) is 8.69. The first-order valence-corrected chi connectivity index (χ1v) is 6.05. The van der Waals surface area contributed by atoms with Gasteiger partial charge in [-0.05, 0) is 24.2 Å². The first kappa shape index (κ1) is 12.6. The monoisotopic (exact) mass is 245 g/mol. The van der Waals surface area contributed by atoms with Gasteiger partial charge in [0.2, 0.25) is 0 Å². The first-order valence-electron chi connectivity index (χ1n) is 6.05. The third kappa shape index (κ3) is 3.07. The zero-order valence-electron chi connectivity index (χ0n) is 10.8. The Morgan fingerprint density at radius 1 is 1.22 bits per heavy atom. The molecule has 0 aliphatic carbocycles. The molecule has 1 aromatic carbocycles. The van der Waals surface area contributed by atoms with Gasteiger partial charge in [0.15, 0.2) is 5.82 Å². The van der Waals surface area contributed by atoms with Gasteiger partial charge in [0.05, 0.1) is 0 Å². The number of H-pyrrole nitrogens is 1. The number of nitrogens with zero attached hydrogens (tertiary/aromatic N) is 3. The number of anilines is 1. The molecule has 96 valence electrons. The molecule has 18 heavy (non-hydrogen) atoms. The zero-order chi connectivity index (χ0) is 13.0. The number of benzene rings is 1. The summed E-state index contributed by atoms with van der Waals surface area (Å²) in [6.45, 7) is 0.578. The number of hydrogen-bond donors (Lipinski definition) is 2. The quantitative estimate of drug-likeness (QED) is 0.823. The second-order valence-corrected chi connectivity index (χ2v) is 4.47. The van der Waals surface area contributed by atoms with Gasteiger partial charge in [0.25, 0.3) is 0 Å². The smallest absolute Gasteiger partial charge is 0.151 e. The molecule has 0 aliphatic rings. The Hall–Kier alpha value is -1.88. The minimum atomic E-state index is 0.578. The van der Waals surface area contributed by atoms with E-state index in [2.05, 4.69) is 44.3 Å². The van der Waals surface area contributed by atoms with Crippen LogP contribution in [0.1, 0.15) is 17.2 Å². The van der Waals surface area contributed by atoms with E-state index < -0.39 is 0 Å². The third-order valence-corrected chi connectivity index (χ3v) is 2.77. The summed E-state index contributed by atoms with van der Waals surface area (Å²) in [6.07, 6.45) is 1.49. The van der Waals surface area contributed by atoms with Crippen LogP contribution in [0.25, 0.3) is 0 Å². The van der Waals surface area contributed by atoms with Gasteiger partial charge in [0, 0.05) is 32.6 Å². The molecule has 1 heterocycles. The Kier molecular flexibility index (Phi) is 3.94. The topological polar surface area (TPSA) is 70.8 Å². The summed E-state index contributed by atoms with van der Waals surface area (Å²) in [5.41, 5.74) is 7.88. The van der Waals surface area contributed by atoms with Crippen LogP contribution in [0.2, 0.25) is 0 Å². The van der Waals surface area contributed by atoms with E-state index in [1.165, 1.54) is 11.3 Å². The lowest BCUT2D eigenvalue weighted by atomic mass is 10.1. The molecular weight excluding hydrogens is 226 g/mol. The van der Waals surface area contributed by atoms with Crippen molar-refractivity contribution in [2.75, 3.05) is 25.5 Å². The van der Waals surface area contributed by atoms with Gasteiger partial charge in [-0.2, -0.15) is 5.10 Å². The molecule has 3 N–H and O–H groups in total. The molecule has 0 bridgehead atoms. The summed E-state index contributed by atoms with van der Waals surface area (Å²) >= 11 is 0. The highest BCUT2D eigenvalue weighted by Gasteiger charge is 2.04. The maximum Gasteiger partial charge on any atom is 0.151 e.